The summed E-state index contributed by atoms with van der Waals surface area (Å²) >= 11 is 0. The molecule has 1 N–H and O–H groups in total. The van der Waals surface area contributed by atoms with Crippen LogP contribution in [-0.4, -0.2) is 51.9 Å². The molecule has 0 amide bonds. The number of piperidine rings is 1. The quantitative estimate of drug-likeness (QED) is 0.907. The Morgan fingerprint density at radius 2 is 2.09 bits per heavy atom. The van der Waals surface area contributed by atoms with E-state index in [0.717, 1.165) is 43.1 Å². The third-order valence-electron chi connectivity index (χ3n) is 5.71. The molecular formula is C17H28N4O. The van der Waals surface area contributed by atoms with E-state index in [-0.39, 0.29) is 5.60 Å². The molecule has 0 aromatic carbocycles. The monoisotopic (exact) mass is 304 g/mol. The molecule has 0 unspecified atom stereocenters. The Hall–Kier alpha value is -0.940. The highest BCUT2D eigenvalue weighted by Crippen LogP contribution is 2.48. The first-order valence-electron chi connectivity index (χ1n) is 8.89. The maximum absolute atomic E-state index is 6.00. The molecule has 122 valence electrons. The minimum Gasteiger partial charge on any atom is -0.373 e. The van der Waals surface area contributed by atoms with Gasteiger partial charge in [-0.3, -0.25) is 5.10 Å². The van der Waals surface area contributed by atoms with Crippen LogP contribution in [0.15, 0.2) is 0 Å². The Bertz CT molecular complexity index is 507. The van der Waals surface area contributed by atoms with E-state index < -0.39 is 0 Å². The highest BCUT2D eigenvalue weighted by Gasteiger charge is 2.52. The normalized spacial score (nSPS) is 32.6. The fourth-order valence-corrected chi connectivity index (χ4v) is 4.39. The van der Waals surface area contributed by atoms with E-state index in [4.69, 9.17) is 4.74 Å². The van der Waals surface area contributed by atoms with Gasteiger partial charge in [0.2, 0.25) is 0 Å². The average Bonchev–Trinajstić information content (AvgIpc) is 3.15. The van der Waals surface area contributed by atoms with Crippen molar-refractivity contribution in [1.82, 2.24) is 20.1 Å². The first kappa shape index (κ1) is 14.6. The van der Waals surface area contributed by atoms with Gasteiger partial charge in [0.05, 0.1) is 12.2 Å². The highest BCUT2D eigenvalue weighted by atomic mass is 16.5. The summed E-state index contributed by atoms with van der Waals surface area (Å²) in [6.45, 7) is 8.88. The molecule has 1 saturated carbocycles. The molecule has 5 heteroatoms. The van der Waals surface area contributed by atoms with Gasteiger partial charge in [-0.15, -0.1) is 0 Å². The molecule has 0 atom stereocenters. The van der Waals surface area contributed by atoms with Gasteiger partial charge in [-0.25, -0.2) is 4.98 Å². The number of aromatic amines is 1. The molecule has 4 fully saturated rings. The lowest BCUT2D eigenvalue weighted by Gasteiger charge is -2.42. The molecule has 0 radical (unpaired) electrons. The topological polar surface area (TPSA) is 54.0 Å². The molecule has 1 aliphatic carbocycles. The molecule has 2 bridgehead atoms. The molecule has 5 nitrogen and oxygen atoms in total. The number of aromatic nitrogens is 3. The fourth-order valence-electron chi connectivity index (χ4n) is 4.39. The van der Waals surface area contributed by atoms with Crippen LogP contribution in [0.4, 0.5) is 0 Å². The second-order valence-electron chi connectivity index (χ2n) is 7.99. The minimum atomic E-state index is 0.245. The van der Waals surface area contributed by atoms with E-state index in [0.29, 0.717) is 5.92 Å². The highest BCUT2D eigenvalue weighted by molar-refractivity contribution is 5.04. The summed E-state index contributed by atoms with van der Waals surface area (Å²) in [5.41, 5.74) is 0.245. The predicted molar refractivity (Wildman–Crippen MR) is 84.7 cm³/mol. The number of fused-ring (bicyclic) bond motifs is 1. The number of H-pyrrole nitrogens is 1. The molecule has 5 rings (SSSR count). The van der Waals surface area contributed by atoms with E-state index >= 15 is 0 Å². The van der Waals surface area contributed by atoms with Gasteiger partial charge in [0.15, 0.2) is 5.82 Å². The van der Waals surface area contributed by atoms with E-state index in [1.807, 2.05) is 0 Å². The van der Waals surface area contributed by atoms with Crippen LogP contribution >= 0.6 is 0 Å². The zero-order valence-corrected chi connectivity index (χ0v) is 13.8. The largest absolute Gasteiger partial charge is 0.373 e. The van der Waals surface area contributed by atoms with Gasteiger partial charge in [-0.1, -0.05) is 13.8 Å². The number of hydrogen-bond acceptors (Lipinski definition) is 4. The van der Waals surface area contributed by atoms with Crippen LogP contribution in [0.5, 0.6) is 0 Å². The predicted octanol–water partition coefficient (Wildman–Crippen LogP) is 2.36. The van der Waals surface area contributed by atoms with Gasteiger partial charge in [-0.2, -0.15) is 5.10 Å². The number of rotatable bonds is 5. The molecular weight excluding hydrogens is 276 g/mol. The van der Waals surface area contributed by atoms with Crippen molar-refractivity contribution >= 4 is 0 Å². The SMILES string of the molecule is CC(C)c1n[nH]c(CC2CCN(CC34CC(CO3)C4)CC2)n1. The second kappa shape index (κ2) is 5.60. The Kier molecular flexibility index (Phi) is 3.73. The van der Waals surface area contributed by atoms with Gasteiger partial charge in [0.25, 0.3) is 0 Å². The smallest absolute Gasteiger partial charge is 0.153 e. The van der Waals surface area contributed by atoms with Crippen molar-refractivity contribution in [2.45, 2.75) is 57.5 Å². The maximum Gasteiger partial charge on any atom is 0.153 e. The molecule has 3 aliphatic heterocycles. The molecule has 4 heterocycles. The summed E-state index contributed by atoms with van der Waals surface area (Å²) in [7, 11) is 0. The number of nitrogens with one attached hydrogen (secondary N) is 1. The number of likely N-dealkylation sites (tertiary alicyclic amines) is 1. The Morgan fingerprint density at radius 1 is 1.32 bits per heavy atom. The summed E-state index contributed by atoms with van der Waals surface area (Å²) in [6.07, 6.45) is 6.22. The summed E-state index contributed by atoms with van der Waals surface area (Å²) in [5.74, 6) is 4.05. The van der Waals surface area contributed by atoms with Crippen molar-refractivity contribution < 1.29 is 4.74 Å². The fraction of sp³-hybridized carbons (Fsp3) is 0.882. The molecule has 0 spiro atoms. The van der Waals surface area contributed by atoms with Crippen molar-refractivity contribution in [1.29, 1.82) is 0 Å². The van der Waals surface area contributed by atoms with Gasteiger partial charge in [0.1, 0.15) is 5.82 Å². The van der Waals surface area contributed by atoms with Gasteiger partial charge >= 0.3 is 0 Å². The van der Waals surface area contributed by atoms with Crippen LogP contribution in [0.2, 0.25) is 0 Å². The zero-order chi connectivity index (χ0) is 15.2. The Balaban J connectivity index is 1.25. The lowest BCUT2D eigenvalue weighted by molar-refractivity contribution is -0.0345. The van der Waals surface area contributed by atoms with Crippen LogP contribution in [-0.2, 0) is 11.2 Å². The van der Waals surface area contributed by atoms with Crippen LogP contribution in [0.1, 0.15) is 57.1 Å². The number of ether oxygens (including phenoxy) is 1. The summed E-state index contributed by atoms with van der Waals surface area (Å²) in [6, 6.07) is 0. The van der Waals surface area contributed by atoms with Crippen molar-refractivity contribution in [3.63, 3.8) is 0 Å². The molecule has 1 aromatic rings. The van der Waals surface area contributed by atoms with Crippen molar-refractivity contribution in [2.75, 3.05) is 26.2 Å². The van der Waals surface area contributed by atoms with E-state index in [1.165, 1.54) is 38.8 Å². The lowest BCUT2D eigenvalue weighted by atomic mass is 9.74. The molecule has 1 aromatic heterocycles. The van der Waals surface area contributed by atoms with Crippen molar-refractivity contribution in [3.05, 3.63) is 11.6 Å². The Labute approximate surface area is 132 Å². The third-order valence-corrected chi connectivity index (χ3v) is 5.71. The number of nitrogens with zero attached hydrogens (tertiary/aromatic N) is 3. The summed E-state index contributed by atoms with van der Waals surface area (Å²) in [4.78, 5) is 7.25. The van der Waals surface area contributed by atoms with Crippen LogP contribution in [0, 0.1) is 11.8 Å². The Morgan fingerprint density at radius 3 is 2.68 bits per heavy atom. The number of hydrogen-bond donors (Lipinski definition) is 1. The minimum absolute atomic E-state index is 0.245. The maximum atomic E-state index is 6.00. The van der Waals surface area contributed by atoms with Gasteiger partial charge in [0, 0.05) is 18.9 Å². The van der Waals surface area contributed by atoms with Crippen LogP contribution in [0.3, 0.4) is 0 Å². The molecule has 4 aliphatic rings. The van der Waals surface area contributed by atoms with Crippen molar-refractivity contribution in [2.24, 2.45) is 11.8 Å². The van der Waals surface area contributed by atoms with Crippen LogP contribution < -0.4 is 0 Å². The van der Waals surface area contributed by atoms with Crippen LogP contribution in [0.25, 0.3) is 0 Å². The summed E-state index contributed by atoms with van der Waals surface area (Å²) < 4.78 is 6.00. The molecule has 3 saturated heterocycles. The standard InChI is InChI=1S/C17H28N4O/c1-12(2)16-18-15(19-20-16)7-13-3-5-21(6-4-13)11-17-8-14(9-17)10-22-17/h12-14H,3-11H2,1-2H3,(H,18,19,20). The van der Waals surface area contributed by atoms with Gasteiger partial charge < -0.3 is 9.64 Å². The first-order valence-corrected chi connectivity index (χ1v) is 8.89. The average molecular weight is 304 g/mol. The molecule has 22 heavy (non-hydrogen) atoms. The van der Waals surface area contributed by atoms with E-state index in [9.17, 15) is 0 Å². The second-order valence-corrected chi connectivity index (χ2v) is 7.99. The zero-order valence-electron chi connectivity index (χ0n) is 13.8. The van der Waals surface area contributed by atoms with E-state index in [1.54, 1.807) is 0 Å². The first-order chi connectivity index (χ1) is 10.6. The lowest BCUT2D eigenvalue weighted by Crippen LogP contribution is -2.49. The van der Waals surface area contributed by atoms with E-state index in [2.05, 4.69) is 33.9 Å². The summed E-state index contributed by atoms with van der Waals surface area (Å²) in [5, 5.41) is 7.44. The van der Waals surface area contributed by atoms with Crippen molar-refractivity contribution in [3.8, 4) is 0 Å². The third kappa shape index (κ3) is 2.81. The van der Waals surface area contributed by atoms with Gasteiger partial charge in [-0.05, 0) is 50.6 Å².